The summed E-state index contributed by atoms with van der Waals surface area (Å²) in [5.74, 6) is 0. The van der Waals surface area contributed by atoms with Gasteiger partial charge in [0.15, 0.2) is 5.13 Å². The number of halogens is 2. The zero-order valence-electron chi connectivity index (χ0n) is 7.00. The van der Waals surface area contributed by atoms with Crippen molar-refractivity contribution in [1.82, 2.24) is 4.98 Å². The van der Waals surface area contributed by atoms with Gasteiger partial charge in [-0.1, -0.05) is 23.2 Å². The third kappa shape index (κ3) is 1.85. The van der Waals surface area contributed by atoms with Crippen LogP contribution in [-0.2, 0) is 0 Å². The van der Waals surface area contributed by atoms with Crippen LogP contribution in [0.3, 0.4) is 0 Å². The lowest BCUT2D eigenvalue weighted by Crippen LogP contribution is -1.83. The first-order chi connectivity index (χ1) is 6.66. The Balaban J connectivity index is 2.52. The van der Waals surface area contributed by atoms with E-state index in [-0.39, 0.29) is 0 Å². The maximum atomic E-state index is 6.01. The fourth-order valence-electron chi connectivity index (χ4n) is 1.11. The van der Waals surface area contributed by atoms with Crippen LogP contribution in [0.5, 0.6) is 0 Å². The topological polar surface area (TPSA) is 38.9 Å². The molecular weight excluding hydrogens is 239 g/mol. The van der Waals surface area contributed by atoms with Gasteiger partial charge in [0.25, 0.3) is 0 Å². The molecule has 2 aromatic rings. The number of nitrogens with zero attached hydrogens (tertiary/aromatic N) is 1. The number of hydrogen-bond donors (Lipinski definition) is 1. The number of aromatic nitrogens is 1. The molecule has 1 aromatic carbocycles. The fourth-order valence-corrected chi connectivity index (χ4v) is 2.18. The van der Waals surface area contributed by atoms with Crippen LogP contribution in [0.4, 0.5) is 5.13 Å². The molecular formula is C9H6Cl2N2S. The largest absolute Gasteiger partial charge is 0.375 e. The van der Waals surface area contributed by atoms with Crippen LogP contribution in [0.1, 0.15) is 0 Å². The molecule has 0 spiro atoms. The maximum absolute atomic E-state index is 6.01. The van der Waals surface area contributed by atoms with Crippen molar-refractivity contribution >= 4 is 39.7 Å². The molecule has 0 aliphatic heterocycles. The summed E-state index contributed by atoms with van der Waals surface area (Å²) in [6, 6.07) is 5.30. The normalized spacial score (nSPS) is 10.4. The number of hydrogen-bond acceptors (Lipinski definition) is 3. The Morgan fingerprint density at radius 2 is 2.07 bits per heavy atom. The lowest BCUT2D eigenvalue weighted by molar-refractivity contribution is 1.41. The monoisotopic (exact) mass is 244 g/mol. The second kappa shape index (κ2) is 3.77. The minimum Gasteiger partial charge on any atom is -0.375 e. The van der Waals surface area contributed by atoms with Crippen LogP contribution >= 0.6 is 34.5 Å². The summed E-state index contributed by atoms with van der Waals surface area (Å²) in [7, 11) is 0. The van der Waals surface area contributed by atoms with Crippen molar-refractivity contribution in [2.24, 2.45) is 0 Å². The molecule has 5 heteroatoms. The number of nitrogens with two attached hydrogens (primary N) is 1. The van der Waals surface area contributed by atoms with Gasteiger partial charge in [-0.15, -0.1) is 11.3 Å². The van der Waals surface area contributed by atoms with E-state index in [9.17, 15) is 0 Å². The summed E-state index contributed by atoms with van der Waals surface area (Å²) in [6.07, 6.45) is 0. The molecule has 0 unspecified atom stereocenters. The summed E-state index contributed by atoms with van der Waals surface area (Å²) in [5, 5.41) is 3.60. The van der Waals surface area contributed by atoms with Crippen LogP contribution in [-0.4, -0.2) is 4.98 Å². The molecule has 14 heavy (non-hydrogen) atoms. The van der Waals surface area contributed by atoms with Crippen molar-refractivity contribution in [3.05, 3.63) is 33.6 Å². The van der Waals surface area contributed by atoms with E-state index in [0.29, 0.717) is 15.2 Å². The molecule has 0 saturated carbocycles. The highest BCUT2D eigenvalue weighted by Crippen LogP contribution is 2.31. The van der Waals surface area contributed by atoms with Crippen molar-refractivity contribution in [3.63, 3.8) is 0 Å². The van der Waals surface area contributed by atoms with Crippen molar-refractivity contribution in [2.75, 3.05) is 5.73 Å². The van der Waals surface area contributed by atoms with Gasteiger partial charge >= 0.3 is 0 Å². The van der Waals surface area contributed by atoms with Crippen LogP contribution in [0.15, 0.2) is 23.6 Å². The Hall–Kier alpha value is -0.770. The summed E-state index contributed by atoms with van der Waals surface area (Å²) < 4.78 is 0. The van der Waals surface area contributed by atoms with Gasteiger partial charge < -0.3 is 5.73 Å². The summed E-state index contributed by atoms with van der Waals surface area (Å²) in [5.41, 5.74) is 7.17. The highest BCUT2D eigenvalue weighted by atomic mass is 35.5. The fraction of sp³-hybridized carbons (Fsp3) is 0. The van der Waals surface area contributed by atoms with Gasteiger partial charge in [-0.05, 0) is 18.2 Å². The molecule has 0 radical (unpaired) electrons. The molecule has 0 fully saturated rings. The first kappa shape index (κ1) is 9.77. The summed E-state index contributed by atoms with van der Waals surface area (Å²) >= 11 is 13.2. The first-order valence-electron chi connectivity index (χ1n) is 3.83. The molecule has 0 aliphatic carbocycles. The molecule has 2 nitrogen and oxygen atoms in total. The van der Waals surface area contributed by atoms with Crippen LogP contribution in [0.25, 0.3) is 11.3 Å². The highest BCUT2D eigenvalue weighted by molar-refractivity contribution is 7.13. The number of thiazole rings is 1. The van der Waals surface area contributed by atoms with Gasteiger partial charge in [0, 0.05) is 16.0 Å². The Kier molecular flexibility index (Phi) is 2.63. The van der Waals surface area contributed by atoms with Gasteiger partial charge in [0.2, 0.25) is 0 Å². The van der Waals surface area contributed by atoms with Gasteiger partial charge in [-0.2, -0.15) is 0 Å². The minimum atomic E-state index is 0.533. The third-order valence-corrected chi connectivity index (χ3v) is 2.95. The minimum absolute atomic E-state index is 0.533. The van der Waals surface area contributed by atoms with Gasteiger partial charge in [-0.3, -0.25) is 0 Å². The van der Waals surface area contributed by atoms with Gasteiger partial charge in [-0.25, -0.2) is 4.98 Å². The SMILES string of the molecule is Nc1nc(-c2ccc(Cl)cc2Cl)cs1. The second-order valence-corrected chi connectivity index (χ2v) is 4.43. The average Bonchev–Trinajstić information content (AvgIpc) is 2.51. The summed E-state index contributed by atoms with van der Waals surface area (Å²) in [4.78, 5) is 4.14. The van der Waals surface area contributed by atoms with Crippen LogP contribution in [0.2, 0.25) is 10.0 Å². The Labute approximate surface area is 95.3 Å². The molecule has 1 aromatic heterocycles. The number of benzene rings is 1. The predicted octanol–water partition coefficient (Wildman–Crippen LogP) is 3.70. The smallest absolute Gasteiger partial charge is 0.180 e. The van der Waals surface area contributed by atoms with E-state index in [1.54, 1.807) is 12.1 Å². The van der Waals surface area contributed by atoms with E-state index in [4.69, 9.17) is 28.9 Å². The second-order valence-electron chi connectivity index (χ2n) is 2.70. The van der Waals surface area contributed by atoms with Crippen molar-refractivity contribution in [2.45, 2.75) is 0 Å². The molecule has 0 bridgehead atoms. The average molecular weight is 245 g/mol. The Morgan fingerprint density at radius 1 is 1.29 bits per heavy atom. The zero-order chi connectivity index (χ0) is 10.1. The van der Waals surface area contributed by atoms with E-state index in [2.05, 4.69) is 4.98 Å². The van der Waals surface area contributed by atoms with Crippen LogP contribution < -0.4 is 5.73 Å². The van der Waals surface area contributed by atoms with Gasteiger partial charge in [0.1, 0.15) is 0 Å². The van der Waals surface area contributed by atoms with E-state index >= 15 is 0 Å². The lowest BCUT2D eigenvalue weighted by Gasteiger charge is -2.00. The quantitative estimate of drug-likeness (QED) is 0.831. The van der Waals surface area contributed by atoms with E-state index < -0.39 is 0 Å². The Bertz CT molecular complexity index is 468. The predicted molar refractivity (Wildman–Crippen MR) is 62.0 cm³/mol. The zero-order valence-corrected chi connectivity index (χ0v) is 9.33. The first-order valence-corrected chi connectivity index (χ1v) is 5.47. The number of nitrogen functional groups attached to an aromatic ring is 1. The molecule has 0 aliphatic rings. The van der Waals surface area contributed by atoms with E-state index in [0.717, 1.165) is 11.3 Å². The molecule has 72 valence electrons. The lowest BCUT2D eigenvalue weighted by atomic mass is 10.2. The summed E-state index contributed by atoms with van der Waals surface area (Å²) in [6.45, 7) is 0. The van der Waals surface area contributed by atoms with E-state index in [1.807, 2.05) is 11.4 Å². The molecule has 1 heterocycles. The third-order valence-electron chi connectivity index (χ3n) is 1.73. The van der Waals surface area contributed by atoms with Crippen molar-refractivity contribution in [1.29, 1.82) is 0 Å². The maximum Gasteiger partial charge on any atom is 0.180 e. The van der Waals surface area contributed by atoms with Crippen molar-refractivity contribution in [3.8, 4) is 11.3 Å². The number of rotatable bonds is 1. The standard InChI is InChI=1S/C9H6Cl2N2S/c10-5-1-2-6(7(11)3-5)8-4-14-9(12)13-8/h1-4H,(H2,12,13). The Morgan fingerprint density at radius 3 is 2.64 bits per heavy atom. The molecule has 0 saturated heterocycles. The van der Waals surface area contributed by atoms with E-state index in [1.165, 1.54) is 11.3 Å². The highest BCUT2D eigenvalue weighted by Gasteiger charge is 2.06. The molecule has 0 atom stereocenters. The van der Waals surface area contributed by atoms with Crippen molar-refractivity contribution < 1.29 is 0 Å². The van der Waals surface area contributed by atoms with Crippen LogP contribution in [0, 0.1) is 0 Å². The van der Waals surface area contributed by atoms with Gasteiger partial charge in [0.05, 0.1) is 10.7 Å². The molecule has 2 rings (SSSR count). The molecule has 2 N–H and O–H groups in total. The molecule has 0 amide bonds. The number of anilines is 1.